The number of hydrogen-bond donors (Lipinski definition) is 1. The lowest BCUT2D eigenvalue weighted by Crippen LogP contribution is -2.34. The van der Waals surface area contributed by atoms with Crippen LogP contribution < -0.4 is 5.06 Å². The Kier molecular flexibility index (Phi) is 11.8. The van der Waals surface area contributed by atoms with Crippen LogP contribution in [0.5, 0.6) is 0 Å². The molecule has 0 spiro atoms. The van der Waals surface area contributed by atoms with E-state index in [-0.39, 0.29) is 18.2 Å². The van der Waals surface area contributed by atoms with Crippen LogP contribution in [-0.2, 0) is 20.8 Å². The summed E-state index contributed by atoms with van der Waals surface area (Å²) < 4.78 is 0. The largest absolute Gasteiger partial charge is 0.481 e. The maximum atomic E-state index is 13.6. The standard InChI is InChI=1S/C29H41NO4/c1-5-7-10-13-22(3)21-27(31)30(34-20-8-6-2)29-23(4)24(17-19-28(32)33)16-18-26(29)25-14-11-9-12-15-25/h9,11-12,14-16,18,22H,5-8,10,13,17,19-21H2,1-4H3,(H,32,33). The van der Waals surface area contributed by atoms with Gasteiger partial charge in [0.25, 0.3) is 5.91 Å². The highest BCUT2D eigenvalue weighted by Gasteiger charge is 2.25. The monoisotopic (exact) mass is 467 g/mol. The van der Waals surface area contributed by atoms with E-state index in [1.807, 2.05) is 49.4 Å². The molecule has 0 aliphatic rings. The zero-order chi connectivity index (χ0) is 24.9. The Labute approximate surface area is 205 Å². The van der Waals surface area contributed by atoms with Crippen molar-refractivity contribution in [2.75, 3.05) is 11.7 Å². The Bertz CT molecular complexity index is 910. The number of aliphatic carboxylic acids is 1. The second kappa shape index (κ2) is 14.6. The maximum absolute atomic E-state index is 13.6. The molecular formula is C29H41NO4. The molecule has 34 heavy (non-hydrogen) atoms. The van der Waals surface area contributed by atoms with E-state index < -0.39 is 5.97 Å². The van der Waals surface area contributed by atoms with Crippen molar-refractivity contribution in [1.29, 1.82) is 0 Å². The van der Waals surface area contributed by atoms with E-state index >= 15 is 0 Å². The van der Waals surface area contributed by atoms with Gasteiger partial charge in [-0.1, -0.05) is 95.3 Å². The van der Waals surface area contributed by atoms with Crippen molar-refractivity contribution in [2.45, 2.75) is 85.5 Å². The van der Waals surface area contributed by atoms with Gasteiger partial charge in [0.15, 0.2) is 0 Å². The third-order valence-electron chi connectivity index (χ3n) is 6.21. The lowest BCUT2D eigenvalue weighted by Gasteiger charge is -2.28. The van der Waals surface area contributed by atoms with Crippen LogP contribution in [0.4, 0.5) is 5.69 Å². The van der Waals surface area contributed by atoms with E-state index in [0.29, 0.717) is 19.4 Å². The number of nitrogens with zero attached hydrogens (tertiary/aromatic N) is 1. The number of carboxylic acids is 1. The summed E-state index contributed by atoms with van der Waals surface area (Å²) in [6, 6.07) is 13.9. The van der Waals surface area contributed by atoms with Crippen LogP contribution in [-0.4, -0.2) is 23.6 Å². The van der Waals surface area contributed by atoms with Gasteiger partial charge in [-0.05, 0) is 42.4 Å². The molecule has 5 heteroatoms. The number of unbranched alkanes of at least 4 members (excludes halogenated alkanes) is 3. The summed E-state index contributed by atoms with van der Waals surface area (Å²) in [6.07, 6.45) is 7.19. The summed E-state index contributed by atoms with van der Waals surface area (Å²) in [7, 11) is 0. The highest BCUT2D eigenvalue weighted by Crippen LogP contribution is 2.37. The molecule has 1 unspecified atom stereocenters. The Morgan fingerprint density at radius 3 is 2.35 bits per heavy atom. The second-order valence-corrected chi connectivity index (χ2v) is 9.19. The SMILES string of the molecule is CCCCCC(C)CC(=O)N(OCCCC)c1c(-c2ccccc2)ccc(CCC(=O)O)c1C. The van der Waals surface area contributed by atoms with Crippen molar-refractivity contribution < 1.29 is 19.5 Å². The normalized spacial score (nSPS) is 11.9. The fourth-order valence-corrected chi connectivity index (χ4v) is 4.15. The number of rotatable bonds is 15. The van der Waals surface area contributed by atoms with Crippen LogP contribution in [0.2, 0.25) is 0 Å². The van der Waals surface area contributed by atoms with Crippen LogP contribution in [0, 0.1) is 12.8 Å². The van der Waals surface area contributed by atoms with Gasteiger partial charge >= 0.3 is 5.97 Å². The van der Waals surface area contributed by atoms with E-state index in [2.05, 4.69) is 20.8 Å². The van der Waals surface area contributed by atoms with Gasteiger partial charge in [-0.25, -0.2) is 0 Å². The van der Waals surface area contributed by atoms with Crippen molar-refractivity contribution in [3.05, 3.63) is 53.6 Å². The van der Waals surface area contributed by atoms with Gasteiger partial charge in [-0.3, -0.25) is 14.4 Å². The Hall–Kier alpha value is -2.66. The van der Waals surface area contributed by atoms with Gasteiger partial charge in [0.2, 0.25) is 0 Å². The number of hydrogen-bond acceptors (Lipinski definition) is 3. The number of anilines is 1. The number of carbonyl (C=O) groups excluding carboxylic acids is 1. The smallest absolute Gasteiger partial charge is 0.303 e. The topological polar surface area (TPSA) is 66.8 Å². The first-order chi connectivity index (χ1) is 16.4. The molecule has 186 valence electrons. The minimum absolute atomic E-state index is 0.0456. The number of carboxylic acid groups (broad SMARTS) is 1. The van der Waals surface area contributed by atoms with Gasteiger partial charge in [0.1, 0.15) is 0 Å². The minimum Gasteiger partial charge on any atom is -0.481 e. The summed E-state index contributed by atoms with van der Waals surface area (Å²) in [5, 5.41) is 10.7. The van der Waals surface area contributed by atoms with Crippen molar-refractivity contribution >= 4 is 17.6 Å². The third-order valence-corrected chi connectivity index (χ3v) is 6.21. The number of aryl methyl sites for hydroxylation is 1. The van der Waals surface area contributed by atoms with Gasteiger partial charge < -0.3 is 5.11 Å². The average molecular weight is 468 g/mol. The van der Waals surface area contributed by atoms with Gasteiger partial charge in [-0.2, -0.15) is 5.06 Å². The molecule has 0 saturated carbocycles. The fourth-order valence-electron chi connectivity index (χ4n) is 4.15. The zero-order valence-corrected chi connectivity index (χ0v) is 21.3. The summed E-state index contributed by atoms with van der Waals surface area (Å²) in [5.41, 5.74) is 4.46. The first kappa shape index (κ1) is 27.6. The van der Waals surface area contributed by atoms with Gasteiger partial charge in [0, 0.05) is 18.4 Å². The fraction of sp³-hybridized carbons (Fsp3) is 0.517. The molecule has 1 amide bonds. The molecule has 2 rings (SSSR count). The summed E-state index contributed by atoms with van der Waals surface area (Å²) in [4.78, 5) is 31.0. The minimum atomic E-state index is -0.832. The molecule has 0 aliphatic heterocycles. The van der Waals surface area contributed by atoms with Crippen LogP contribution in [0.1, 0.15) is 83.3 Å². The van der Waals surface area contributed by atoms with E-state index in [0.717, 1.165) is 60.0 Å². The molecule has 0 aliphatic carbocycles. The quantitative estimate of drug-likeness (QED) is 0.220. The summed E-state index contributed by atoms with van der Waals surface area (Å²) >= 11 is 0. The maximum Gasteiger partial charge on any atom is 0.303 e. The molecule has 0 bridgehead atoms. The molecule has 1 atom stereocenters. The molecule has 5 nitrogen and oxygen atoms in total. The Balaban J connectivity index is 2.48. The Morgan fingerprint density at radius 2 is 1.71 bits per heavy atom. The van der Waals surface area contributed by atoms with Gasteiger partial charge in [-0.15, -0.1) is 0 Å². The molecule has 0 radical (unpaired) electrons. The third kappa shape index (κ3) is 8.28. The highest BCUT2D eigenvalue weighted by molar-refractivity contribution is 5.97. The number of hydroxylamine groups is 1. The first-order valence-corrected chi connectivity index (χ1v) is 12.7. The van der Waals surface area contributed by atoms with Gasteiger partial charge in [0.05, 0.1) is 12.3 Å². The van der Waals surface area contributed by atoms with E-state index in [1.165, 1.54) is 11.5 Å². The lowest BCUT2D eigenvalue weighted by atomic mass is 9.94. The molecule has 2 aromatic rings. The van der Waals surface area contributed by atoms with Crippen LogP contribution in [0.15, 0.2) is 42.5 Å². The molecule has 1 N–H and O–H groups in total. The van der Waals surface area contributed by atoms with E-state index in [4.69, 9.17) is 4.84 Å². The van der Waals surface area contributed by atoms with E-state index in [1.54, 1.807) is 0 Å². The predicted octanol–water partition coefficient (Wildman–Crippen LogP) is 7.35. The zero-order valence-electron chi connectivity index (χ0n) is 21.3. The van der Waals surface area contributed by atoms with Crippen molar-refractivity contribution in [3.63, 3.8) is 0 Å². The molecule has 0 aromatic heterocycles. The molecular weight excluding hydrogens is 426 g/mol. The number of carbonyl (C=O) groups is 2. The summed E-state index contributed by atoms with van der Waals surface area (Å²) in [5.74, 6) is -0.608. The Morgan fingerprint density at radius 1 is 1.00 bits per heavy atom. The average Bonchev–Trinajstić information content (AvgIpc) is 2.82. The van der Waals surface area contributed by atoms with Crippen LogP contribution >= 0.6 is 0 Å². The summed E-state index contributed by atoms with van der Waals surface area (Å²) in [6.45, 7) is 8.83. The van der Waals surface area contributed by atoms with E-state index in [9.17, 15) is 14.7 Å². The van der Waals surface area contributed by atoms with Crippen LogP contribution in [0.25, 0.3) is 11.1 Å². The molecule has 2 aromatic carbocycles. The van der Waals surface area contributed by atoms with Crippen molar-refractivity contribution in [2.24, 2.45) is 5.92 Å². The molecule has 0 fully saturated rings. The predicted molar refractivity (Wildman–Crippen MR) is 139 cm³/mol. The van der Waals surface area contributed by atoms with Crippen molar-refractivity contribution in [1.82, 2.24) is 0 Å². The van der Waals surface area contributed by atoms with Crippen molar-refractivity contribution in [3.8, 4) is 11.1 Å². The second-order valence-electron chi connectivity index (χ2n) is 9.19. The number of benzene rings is 2. The first-order valence-electron chi connectivity index (χ1n) is 12.7. The van der Waals surface area contributed by atoms with Crippen LogP contribution in [0.3, 0.4) is 0 Å². The lowest BCUT2D eigenvalue weighted by molar-refractivity contribution is -0.137. The molecule has 0 heterocycles. The molecule has 0 saturated heterocycles. The number of amides is 1. The highest BCUT2D eigenvalue weighted by atomic mass is 16.7.